The van der Waals surface area contributed by atoms with E-state index in [-0.39, 0.29) is 11.9 Å². The number of hydrogen-bond donors (Lipinski definition) is 0. The molecule has 0 aromatic rings. The Hall–Kier alpha value is -0.940. The molecule has 1 heterocycles. The molecule has 35 heavy (non-hydrogen) atoms. The molecule has 0 radical (unpaired) electrons. The van der Waals surface area contributed by atoms with Crippen LogP contribution in [0.3, 0.4) is 0 Å². The van der Waals surface area contributed by atoms with E-state index in [4.69, 9.17) is 14.5 Å². The second-order valence-electron chi connectivity index (χ2n) is 12.5. The summed E-state index contributed by atoms with van der Waals surface area (Å²) < 4.78 is 5.70. The molecular weight excluding hydrogens is 440 g/mol. The monoisotopic (exact) mass is 492 g/mol. The highest BCUT2D eigenvalue weighted by molar-refractivity contribution is 6.36. The van der Waals surface area contributed by atoms with Crippen LogP contribution in [0.25, 0.3) is 0 Å². The molecule has 3 aliphatic rings. The first-order valence-corrected chi connectivity index (χ1v) is 14.9. The van der Waals surface area contributed by atoms with E-state index < -0.39 is 22.6 Å². The zero-order valence-electron chi connectivity index (χ0n) is 23.0. The van der Waals surface area contributed by atoms with Crippen molar-refractivity contribution in [3.8, 4) is 0 Å². The van der Waals surface area contributed by atoms with E-state index in [1.807, 2.05) is 20.8 Å². The van der Waals surface area contributed by atoms with Gasteiger partial charge >= 0.3 is 5.97 Å². The number of fused-ring (bicyclic) bond motifs is 1. The first kappa shape index (κ1) is 28.6. The van der Waals surface area contributed by atoms with E-state index in [0.717, 1.165) is 57.8 Å². The van der Waals surface area contributed by atoms with Crippen LogP contribution in [0.4, 0.5) is 0 Å². The van der Waals surface area contributed by atoms with Gasteiger partial charge in [0.05, 0.1) is 5.41 Å². The molecule has 202 valence electrons. The fourth-order valence-electron chi connectivity index (χ4n) is 6.70. The van der Waals surface area contributed by atoms with Crippen LogP contribution >= 0.6 is 0 Å². The predicted octanol–water partition coefficient (Wildman–Crippen LogP) is 8.17. The molecule has 0 bridgehead atoms. The van der Waals surface area contributed by atoms with Crippen LogP contribution < -0.4 is 0 Å². The first-order valence-electron chi connectivity index (χ1n) is 14.9. The minimum atomic E-state index is -0.860. The molecule has 2 saturated carbocycles. The van der Waals surface area contributed by atoms with Crippen molar-refractivity contribution in [2.75, 3.05) is 0 Å². The number of hydrogen-bond acceptors (Lipinski definition) is 5. The summed E-state index contributed by atoms with van der Waals surface area (Å²) in [6.45, 7) is 5.52. The molecule has 0 aromatic heterocycles. The average molecular weight is 493 g/mol. The van der Waals surface area contributed by atoms with Crippen LogP contribution in [-0.2, 0) is 24.1 Å². The topological polar surface area (TPSA) is 61.8 Å². The molecule has 0 N–H and O–H groups in total. The largest absolute Gasteiger partial charge is 0.454 e. The maximum atomic E-state index is 14.3. The van der Waals surface area contributed by atoms with Crippen molar-refractivity contribution in [2.24, 2.45) is 5.41 Å². The minimum Gasteiger partial charge on any atom is -0.454 e. The van der Waals surface area contributed by atoms with E-state index in [0.29, 0.717) is 12.8 Å². The molecular formula is C30H52O5. The molecule has 2 atom stereocenters. The number of ether oxygens (including phenoxy) is 1. The van der Waals surface area contributed by atoms with Crippen molar-refractivity contribution < 1.29 is 24.1 Å². The highest BCUT2D eigenvalue weighted by atomic mass is 17.3. The number of carbonyl (C=O) groups is 2. The fourth-order valence-corrected chi connectivity index (χ4v) is 6.70. The van der Waals surface area contributed by atoms with Crippen LogP contribution in [0.5, 0.6) is 0 Å². The Kier molecular flexibility index (Phi) is 11.1. The predicted molar refractivity (Wildman–Crippen MR) is 139 cm³/mol. The summed E-state index contributed by atoms with van der Waals surface area (Å²) in [5, 5.41) is 0. The van der Waals surface area contributed by atoms with Gasteiger partial charge in [-0.15, -0.1) is 0 Å². The maximum Gasteiger partial charge on any atom is 0.375 e. The Bertz CT molecular complexity index is 654. The number of esters is 1. The first-order chi connectivity index (χ1) is 16.8. The normalized spacial score (nSPS) is 30.1. The van der Waals surface area contributed by atoms with Crippen LogP contribution in [0.2, 0.25) is 0 Å². The second kappa shape index (κ2) is 13.6. The van der Waals surface area contributed by atoms with Crippen LogP contribution in [0.1, 0.15) is 156 Å². The summed E-state index contributed by atoms with van der Waals surface area (Å²) in [6.07, 6.45) is 22.9. The lowest BCUT2D eigenvalue weighted by Gasteiger charge is -2.57. The van der Waals surface area contributed by atoms with Crippen molar-refractivity contribution >= 4 is 11.8 Å². The molecule has 0 aromatic carbocycles. The molecule has 2 aliphatic carbocycles. The van der Waals surface area contributed by atoms with E-state index >= 15 is 0 Å². The highest BCUT2D eigenvalue weighted by Crippen LogP contribution is 2.56. The van der Waals surface area contributed by atoms with Crippen molar-refractivity contribution in [1.29, 1.82) is 0 Å². The maximum absolute atomic E-state index is 14.3. The van der Waals surface area contributed by atoms with Crippen molar-refractivity contribution in [1.82, 2.24) is 0 Å². The van der Waals surface area contributed by atoms with Gasteiger partial charge in [0, 0.05) is 0 Å². The Balaban J connectivity index is 1.97. The fraction of sp³-hybridized carbons (Fsp3) is 0.933. The smallest absolute Gasteiger partial charge is 0.375 e. The van der Waals surface area contributed by atoms with Gasteiger partial charge in [-0.25, -0.2) is 14.6 Å². The van der Waals surface area contributed by atoms with Crippen LogP contribution in [0, 0.1) is 5.41 Å². The van der Waals surface area contributed by atoms with Gasteiger partial charge < -0.3 is 4.74 Å². The van der Waals surface area contributed by atoms with E-state index in [1.54, 1.807) is 0 Å². The number of rotatable bonds is 3. The number of carbonyl (C=O) groups excluding carboxylic acids is 2. The summed E-state index contributed by atoms with van der Waals surface area (Å²) in [4.78, 5) is 39.6. The summed E-state index contributed by atoms with van der Waals surface area (Å²) in [6, 6.07) is 0. The molecule has 3 fully saturated rings. The molecule has 5 heteroatoms. The third-order valence-corrected chi connectivity index (χ3v) is 8.63. The van der Waals surface area contributed by atoms with Gasteiger partial charge in [0.25, 0.3) is 0 Å². The quantitative estimate of drug-likeness (QED) is 0.226. The van der Waals surface area contributed by atoms with Gasteiger partial charge in [-0.05, 0) is 46.5 Å². The van der Waals surface area contributed by atoms with Gasteiger partial charge in [-0.3, -0.25) is 4.79 Å². The van der Waals surface area contributed by atoms with Gasteiger partial charge in [-0.2, -0.15) is 0 Å². The lowest BCUT2D eigenvalue weighted by atomic mass is 9.58. The number of ketones is 1. The SMILES string of the molecule is CC(C)(C)OC(=O)C(=O)C1(C23CCCCCCCCCCC2OO3)CCCCCCCCCCC1. The molecule has 3 rings (SSSR count). The molecule has 1 saturated heterocycles. The highest BCUT2D eigenvalue weighted by Gasteiger charge is 2.67. The van der Waals surface area contributed by atoms with Crippen molar-refractivity contribution in [3.63, 3.8) is 0 Å². The number of Topliss-reactive ketones (excluding diaryl/α,β-unsaturated/α-hetero) is 1. The van der Waals surface area contributed by atoms with Gasteiger partial charge in [0.1, 0.15) is 17.3 Å². The van der Waals surface area contributed by atoms with Gasteiger partial charge in [-0.1, -0.05) is 109 Å². The Morgan fingerprint density at radius 1 is 0.657 bits per heavy atom. The summed E-state index contributed by atoms with van der Waals surface area (Å²) >= 11 is 0. The van der Waals surface area contributed by atoms with Crippen molar-refractivity contribution in [2.45, 2.75) is 173 Å². The molecule has 5 nitrogen and oxygen atoms in total. The second-order valence-corrected chi connectivity index (χ2v) is 12.5. The van der Waals surface area contributed by atoms with E-state index in [2.05, 4.69) is 0 Å². The lowest BCUT2D eigenvalue weighted by Crippen LogP contribution is -2.69. The minimum absolute atomic E-state index is 0.110. The third kappa shape index (κ3) is 7.53. The third-order valence-electron chi connectivity index (χ3n) is 8.63. The van der Waals surface area contributed by atoms with Crippen LogP contribution in [0.15, 0.2) is 0 Å². The van der Waals surface area contributed by atoms with Crippen molar-refractivity contribution in [3.05, 3.63) is 0 Å². The summed E-state index contributed by atoms with van der Waals surface area (Å²) in [5.74, 6) is -1.04. The molecule has 0 spiro atoms. The zero-order valence-corrected chi connectivity index (χ0v) is 23.0. The Labute approximate surface area is 214 Å². The van der Waals surface area contributed by atoms with E-state index in [9.17, 15) is 9.59 Å². The summed E-state index contributed by atoms with van der Waals surface area (Å²) in [5.41, 5.74) is -2.26. The lowest BCUT2D eigenvalue weighted by molar-refractivity contribution is -0.532. The van der Waals surface area contributed by atoms with Gasteiger partial charge in [0.2, 0.25) is 5.78 Å². The van der Waals surface area contributed by atoms with Gasteiger partial charge in [0.15, 0.2) is 0 Å². The van der Waals surface area contributed by atoms with E-state index in [1.165, 1.54) is 64.2 Å². The molecule has 0 amide bonds. The average Bonchev–Trinajstić information content (AvgIpc) is 2.78. The molecule has 2 unspecified atom stereocenters. The standard InChI is InChI=1S/C30H52O5/c1-28(2,3)33-27(32)26(31)29(22-18-14-10-6-4-7-11-15-19-23-29)30-24-20-16-12-8-5-9-13-17-21-25(30)34-35-30/h25H,4-24H2,1-3H3. The van der Waals surface area contributed by atoms with Crippen LogP contribution in [-0.4, -0.2) is 29.1 Å². The summed E-state index contributed by atoms with van der Waals surface area (Å²) in [7, 11) is 0. The zero-order chi connectivity index (χ0) is 25.2. The molecule has 1 aliphatic heterocycles. The Morgan fingerprint density at radius 3 is 1.51 bits per heavy atom. The Morgan fingerprint density at radius 2 is 1.09 bits per heavy atom.